The zero-order valence-electron chi connectivity index (χ0n) is 17.7. The predicted octanol–water partition coefficient (Wildman–Crippen LogP) is 0.727. The van der Waals surface area contributed by atoms with Gasteiger partial charge in [0.15, 0.2) is 0 Å². The summed E-state index contributed by atoms with van der Waals surface area (Å²) in [4.78, 5) is 27.8. The predicted molar refractivity (Wildman–Crippen MR) is 113 cm³/mol. The van der Waals surface area contributed by atoms with Gasteiger partial charge in [0.25, 0.3) is 0 Å². The molecule has 168 valence electrons. The molecular formula is C23H30N2O6. The molecule has 2 amide bonds. The minimum Gasteiger partial charge on any atom is -0.486 e. The smallest absolute Gasteiger partial charge is 0.249 e. The Morgan fingerprint density at radius 2 is 2.00 bits per heavy atom. The van der Waals surface area contributed by atoms with Crippen molar-refractivity contribution < 1.29 is 29.3 Å². The molecule has 0 spiro atoms. The summed E-state index contributed by atoms with van der Waals surface area (Å²) in [5, 5.41) is 23.2. The van der Waals surface area contributed by atoms with E-state index >= 15 is 0 Å². The highest BCUT2D eigenvalue weighted by molar-refractivity contribution is 5.96. The number of benzene rings is 1. The van der Waals surface area contributed by atoms with Crippen molar-refractivity contribution in [2.75, 3.05) is 26.9 Å². The molecule has 4 unspecified atom stereocenters. The number of aliphatic hydroxyl groups is 2. The van der Waals surface area contributed by atoms with E-state index in [0.717, 1.165) is 31.2 Å². The maximum absolute atomic E-state index is 13.0. The van der Waals surface area contributed by atoms with Crippen molar-refractivity contribution in [3.63, 3.8) is 0 Å². The number of nitrogens with one attached hydrogen (secondary N) is 1. The molecule has 0 aromatic heterocycles. The number of ether oxygens (including phenoxy) is 2. The minimum atomic E-state index is -0.992. The molecule has 31 heavy (non-hydrogen) atoms. The lowest BCUT2D eigenvalue weighted by Gasteiger charge is -2.43. The van der Waals surface area contributed by atoms with Crippen LogP contribution in [0.2, 0.25) is 0 Å². The van der Waals surface area contributed by atoms with E-state index in [2.05, 4.69) is 5.32 Å². The summed E-state index contributed by atoms with van der Waals surface area (Å²) in [7, 11) is 1.47. The molecule has 8 heteroatoms. The minimum absolute atomic E-state index is 0.0133. The Hall–Kier alpha value is -2.42. The average Bonchev–Trinajstić information content (AvgIpc) is 3.42. The Labute approximate surface area is 181 Å². The van der Waals surface area contributed by atoms with Crippen LogP contribution in [0.4, 0.5) is 0 Å². The summed E-state index contributed by atoms with van der Waals surface area (Å²) < 4.78 is 11.2. The van der Waals surface area contributed by atoms with Crippen LogP contribution in [0, 0.1) is 0 Å². The largest absolute Gasteiger partial charge is 0.486 e. The standard InChI is InChI=1S/C23H30N2O6/c1-30-13-19(27)25(14-6-2-3-7-14)17-12-16(23(29)24-10-11-26)20-15-8-4-5-9-18(15)31-22(20)21(17)28/h4-5,8-9,12,14,17,20-22,26,28H,2-3,6-7,10-11,13H2,1H3,(H,24,29). The topological polar surface area (TPSA) is 108 Å². The van der Waals surface area contributed by atoms with E-state index in [1.807, 2.05) is 24.3 Å². The average molecular weight is 431 g/mol. The summed E-state index contributed by atoms with van der Waals surface area (Å²) in [6.45, 7) is -0.139. The third-order valence-corrected chi connectivity index (χ3v) is 6.47. The molecule has 3 N–H and O–H groups in total. The molecule has 1 saturated carbocycles. The Morgan fingerprint density at radius 1 is 1.26 bits per heavy atom. The van der Waals surface area contributed by atoms with E-state index in [-0.39, 0.29) is 37.6 Å². The summed E-state index contributed by atoms with van der Waals surface area (Å²) >= 11 is 0. The Balaban J connectivity index is 1.75. The van der Waals surface area contributed by atoms with E-state index < -0.39 is 24.2 Å². The van der Waals surface area contributed by atoms with E-state index in [0.29, 0.717) is 11.3 Å². The SMILES string of the molecule is COCC(=O)N(C1CCCC1)C1C=C(C(=O)NCCO)C2c3ccccc3OC2C1O. The lowest BCUT2D eigenvalue weighted by atomic mass is 9.77. The number of methoxy groups -OCH3 is 1. The van der Waals surface area contributed by atoms with Gasteiger partial charge in [0.05, 0.1) is 18.6 Å². The van der Waals surface area contributed by atoms with Gasteiger partial charge in [0.2, 0.25) is 11.8 Å². The first-order chi connectivity index (χ1) is 15.1. The monoisotopic (exact) mass is 430 g/mol. The van der Waals surface area contributed by atoms with Gasteiger partial charge in [-0.3, -0.25) is 9.59 Å². The summed E-state index contributed by atoms with van der Waals surface area (Å²) in [6.07, 6.45) is 3.80. The number of amides is 2. The number of aliphatic hydroxyl groups excluding tert-OH is 2. The molecule has 4 rings (SSSR count). The van der Waals surface area contributed by atoms with E-state index in [4.69, 9.17) is 14.6 Å². The Bertz CT molecular complexity index is 850. The zero-order chi connectivity index (χ0) is 22.0. The third kappa shape index (κ3) is 4.07. The fourth-order valence-corrected chi connectivity index (χ4v) is 5.16. The van der Waals surface area contributed by atoms with Gasteiger partial charge in [0.1, 0.15) is 24.6 Å². The van der Waals surface area contributed by atoms with Crippen LogP contribution in [-0.2, 0) is 14.3 Å². The van der Waals surface area contributed by atoms with Crippen LogP contribution < -0.4 is 10.1 Å². The van der Waals surface area contributed by atoms with Gasteiger partial charge in [-0.2, -0.15) is 0 Å². The lowest BCUT2D eigenvalue weighted by Crippen LogP contribution is -2.58. The fourth-order valence-electron chi connectivity index (χ4n) is 5.16. The molecule has 1 aromatic carbocycles. The maximum atomic E-state index is 13.0. The van der Waals surface area contributed by atoms with Crippen LogP contribution in [0.1, 0.15) is 37.2 Å². The molecule has 0 radical (unpaired) electrons. The molecule has 0 bridgehead atoms. The summed E-state index contributed by atoms with van der Waals surface area (Å²) in [6, 6.07) is 6.73. The second kappa shape index (κ2) is 9.38. The highest BCUT2D eigenvalue weighted by Crippen LogP contribution is 2.47. The number of fused-ring (bicyclic) bond motifs is 3. The Kier molecular flexibility index (Phi) is 6.60. The molecular weight excluding hydrogens is 400 g/mol. The molecule has 4 atom stereocenters. The zero-order valence-corrected chi connectivity index (χ0v) is 17.7. The van der Waals surface area contributed by atoms with E-state index in [9.17, 15) is 14.7 Å². The molecule has 1 heterocycles. The number of rotatable bonds is 7. The fraction of sp³-hybridized carbons (Fsp3) is 0.565. The summed E-state index contributed by atoms with van der Waals surface area (Å²) in [5.41, 5.74) is 1.29. The maximum Gasteiger partial charge on any atom is 0.249 e. The van der Waals surface area contributed by atoms with Gasteiger partial charge in [-0.15, -0.1) is 0 Å². The van der Waals surface area contributed by atoms with E-state index in [1.165, 1.54) is 7.11 Å². The second-order valence-corrected chi connectivity index (χ2v) is 8.35. The highest BCUT2D eigenvalue weighted by atomic mass is 16.5. The van der Waals surface area contributed by atoms with Crippen molar-refractivity contribution in [2.45, 2.75) is 55.9 Å². The van der Waals surface area contributed by atoms with Crippen molar-refractivity contribution in [1.29, 1.82) is 0 Å². The molecule has 8 nitrogen and oxygen atoms in total. The number of carbonyl (C=O) groups excluding carboxylic acids is 2. The number of hydrogen-bond acceptors (Lipinski definition) is 6. The number of para-hydroxylation sites is 1. The van der Waals surface area contributed by atoms with Gasteiger partial charge in [0, 0.05) is 30.8 Å². The van der Waals surface area contributed by atoms with Crippen LogP contribution in [0.3, 0.4) is 0 Å². The highest BCUT2D eigenvalue weighted by Gasteiger charge is 2.51. The Morgan fingerprint density at radius 3 is 2.71 bits per heavy atom. The first kappa shape index (κ1) is 21.8. The lowest BCUT2D eigenvalue weighted by molar-refractivity contribution is -0.144. The van der Waals surface area contributed by atoms with Gasteiger partial charge in [-0.1, -0.05) is 31.0 Å². The van der Waals surface area contributed by atoms with Gasteiger partial charge in [-0.25, -0.2) is 0 Å². The number of hydrogen-bond donors (Lipinski definition) is 3. The van der Waals surface area contributed by atoms with E-state index in [1.54, 1.807) is 11.0 Å². The summed E-state index contributed by atoms with van der Waals surface area (Å²) in [5.74, 6) is -0.344. The molecule has 1 aliphatic heterocycles. The van der Waals surface area contributed by atoms with Crippen LogP contribution in [0.15, 0.2) is 35.9 Å². The van der Waals surface area contributed by atoms with Crippen molar-refractivity contribution in [1.82, 2.24) is 10.2 Å². The van der Waals surface area contributed by atoms with Gasteiger partial charge >= 0.3 is 0 Å². The molecule has 1 fully saturated rings. The van der Waals surface area contributed by atoms with Crippen molar-refractivity contribution >= 4 is 11.8 Å². The second-order valence-electron chi connectivity index (χ2n) is 8.35. The number of nitrogens with zero attached hydrogens (tertiary/aromatic N) is 1. The van der Waals surface area contributed by atoms with Crippen LogP contribution >= 0.6 is 0 Å². The quantitative estimate of drug-likeness (QED) is 0.589. The molecule has 2 aliphatic carbocycles. The van der Waals surface area contributed by atoms with Crippen molar-refractivity contribution in [2.24, 2.45) is 0 Å². The van der Waals surface area contributed by atoms with Crippen molar-refractivity contribution in [3.05, 3.63) is 41.5 Å². The van der Waals surface area contributed by atoms with Crippen LogP contribution in [-0.4, -0.2) is 78.1 Å². The van der Waals surface area contributed by atoms with Gasteiger partial charge in [-0.05, 0) is 25.0 Å². The first-order valence-electron chi connectivity index (χ1n) is 10.9. The molecule has 3 aliphatic rings. The third-order valence-electron chi connectivity index (χ3n) is 6.47. The van der Waals surface area contributed by atoms with Crippen LogP contribution in [0.5, 0.6) is 5.75 Å². The number of carbonyl (C=O) groups is 2. The normalized spacial score (nSPS) is 27.1. The van der Waals surface area contributed by atoms with Gasteiger partial charge < -0.3 is 29.9 Å². The molecule has 0 saturated heterocycles. The first-order valence-corrected chi connectivity index (χ1v) is 10.9. The molecule has 1 aromatic rings. The van der Waals surface area contributed by atoms with Crippen LogP contribution in [0.25, 0.3) is 0 Å². The van der Waals surface area contributed by atoms with Crippen molar-refractivity contribution in [3.8, 4) is 5.75 Å².